The Morgan fingerprint density at radius 2 is 1.82 bits per heavy atom. The van der Waals surface area contributed by atoms with Crippen molar-refractivity contribution in [2.45, 2.75) is 32.0 Å². The number of carbonyl (C=O) groups is 1. The molecule has 1 amide bonds. The number of nitrogens with one attached hydrogen (secondary N) is 2. The Morgan fingerprint density at radius 3 is 2.57 bits per heavy atom. The van der Waals surface area contributed by atoms with Gasteiger partial charge < -0.3 is 21.2 Å². The fourth-order valence-corrected chi connectivity index (χ4v) is 3.65. The number of hydrazine groups is 1. The van der Waals surface area contributed by atoms with Gasteiger partial charge in [0.2, 0.25) is 0 Å². The van der Waals surface area contributed by atoms with Gasteiger partial charge >= 0.3 is 6.09 Å². The van der Waals surface area contributed by atoms with Crippen LogP contribution < -0.4 is 16.5 Å². The molecule has 0 bridgehead atoms. The van der Waals surface area contributed by atoms with Crippen LogP contribution in [0.15, 0.2) is 66.9 Å². The van der Waals surface area contributed by atoms with Gasteiger partial charge in [0.1, 0.15) is 0 Å². The molecule has 0 fully saturated rings. The van der Waals surface area contributed by atoms with Crippen molar-refractivity contribution < 1.29 is 9.53 Å². The molecular formula is C21H26N4O2S. The number of amides is 1. The second kappa shape index (κ2) is 10.8. The Morgan fingerprint density at radius 1 is 1.11 bits per heavy atom. The lowest BCUT2D eigenvalue weighted by molar-refractivity contribution is 0.142. The molecule has 1 aliphatic rings. The van der Waals surface area contributed by atoms with Crippen LogP contribution in [0.1, 0.15) is 30.4 Å². The molecule has 1 aliphatic heterocycles. The van der Waals surface area contributed by atoms with Crippen LogP contribution in [0, 0.1) is 0 Å². The number of hydrogen-bond donors (Lipinski definition) is 3. The van der Waals surface area contributed by atoms with E-state index in [1.165, 1.54) is 5.56 Å². The van der Waals surface area contributed by atoms with Gasteiger partial charge in [-0.1, -0.05) is 60.7 Å². The molecule has 0 unspecified atom stereocenters. The molecule has 7 heteroatoms. The van der Waals surface area contributed by atoms with Gasteiger partial charge in [0.25, 0.3) is 0 Å². The lowest BCUT2D eigenvalue weighted by Gasteiger charge is -2.22. The highest BCUT2D eigenvalue weighted by Gasteiger charge is 2.21. The van der Waals surface area contributed by atoms with Gasteiger partial charge in [-0.25, -0.2) is 4.79 Å². The van der Waals surface area contributed by atoms with E-state index in [1.807, 2.05) is 59.1 Å². The van der Waals surface area contributed by atoms with Gasteiger partial charge in [-0.3, -0.25) is 0 Å². The lowest BCUT2D eigenvalue weighted by Crippen LogP contribution is -2.41. The summed E-state index contributed by atoms with van der Waals surface area (Å²) in [5, 5.41) is 2.75. The molecule has 6 nitrogen and oxygen atoms in total. The molecule has 2 aromatic carbocycles. The van der Waals surface area contributed by atoms with Crippen LogP contribution in [0.25, 0.3) is 4.91 Å². The van der Waals surface area contributed by atoms with Crippen molar-refractivity contribution in [3.63, 3.8) is 0 Å². The first kappa shape index (κ1) is 20.3. The van der Waals surface area contributed by atoms with Crippen LogP contribution in [0.3, 0.4) is 0 Å². The average molecular weight is 399 g/mol. The average Bonchev–Trinajstić information content (AvgIpc) is 3.24. The number of benzene rings is 2. The van der Waals surface area contributed by atoms with Crippen LogP contribution >= 0.6 is 11.9 Å². The summed E-state index contributed by atoms with van der Waals surface area (Å²) in [6.45, 7) is 0.862. The molecule has 0 saturated heterocycles. The molecule has 0 radical (unpaired) electrons. The van der Waals surface area contributed by atoms with Crippen LogP contribution in [0.4, 0.5) is 4.79 Å². The number of nitrogens with zero attached hydrogens (tertiary/aromatic N) is 1. The summed E-state index contributed by atoms with van der Waals surface area (Å²) >= 11 is 1.61. The van der Waals surface area contributed by atoms with E-state index in [2.05, 4.69) is 22.9 Å². The Bertz CT molecular complexity index is 770. The maximum absolute atomic E-state index is 11.7. The Balaban J connectivity index is 1.26. The maximum atomic E-state index is 11.7. The molecule has 0 aliphatic carbocycles. The molecular weight excluding hydrogens is 372 g/mol. The smallest absolute Gasteiger partial charge is 0.407 e. The minimum Gasteiger partial charge on any atom is -0.450 e. The second-order valence-electron chi connectivity index (χ2n) is 6.46. The molecule has 2 aromatic rings. The van der Waals surface area contributed by atoms with Gasteiger partial charge in [-0.2, -0.15) is 0 Å². The van der Waals surface area contributed by atoms with E-state index < -0.39 is 0 Å². The monoisotopic (exact) mass is 398 g/mol. The Hall–Kier alpha value is -2.48. The van der Waals surface area contributed by atoms with Crippen molar-refractivity contribution in [3.8, 4) is 0 Å². The van der Waals surface area contributed by atoms with Crippen molar-refractivity contribution in [3.05, 3.63) is 78.0 Å². The van der Waals surface area contributed by atoms with Gasteiger partial charge in [-0.15, -0.1) is 4.41 Å². The largest absolute Gasteiger partial charge is 0.450 e. The number of alkyl carbamates (subject to hydrolysis) is 1. The molecule has 3 rings (SSSR count). The highest BCUT2D eigenvalue weighted by Crippen LogP contribution is 2.34. The standard InChI is InChI=1S/C21H26N4O2S/c22-20(25-24-16-19(28-25)18-11-5-2-6-12-18)13-7-8-14-27-21(26)23-15-17-9-3-1-4-10-17/h1-6,9-12,16,20,24H,7-8,13-15,22H2,(H,23,26)/t20-/m0/s1. The van der Waals surface area contributed by atoms with E-state index in [-0.39, 0.29) is 12.3 Å². The first-order chi connectivity index (χ1) is 13.7. The normalized spacial score (nSPS) is 14.8. The summed E-state index contributed by atoms with van der Waals surface area (Å²) in [6.07, 6.45) is 3.94. The molecule has 0 saturated carbocycles. The molecule has 28 heavy (non-hydrogen) atoms. The van der Waals surface area contributed by atoms with Gasteiger partial charge in [0.15, 0.2) is 0 Å². The minimum atomic E-state index is -0.387. The number of nitrogens with two attached hydrogens (primary N) is 1. The minimum absolute atomic E-state index is 0.116. The summed E-state index contributed by atoms with van der Waals surface area (Å²) in [4.78, 5) is 12.9. The third-order valence-electron chi connectivity index (χ3n) is 4.29. The van der Waals surface area contributed by atoms with Gasteiger partial charge in [0.05, 0.1) is 12.8 Å². The van der Waals surface area contributed by atoms with Crippen molar-refractivity contribution in [1.82, 2.24) is 15.2 Å². The Kier molecular flexibility index (Phi) is 7.78. The summed E-state index contributed by atoms with van der Waals surface area (Å²) in [6, 6.07) is 20.0. The van der Waals surface area contributed by atoms with Crippen molar-refractivity contribution in [1.29, 1.82) is 0 Å². The quantitative estimate of drug-likeness (QED) is 0.440. The van der Waals surface area contributed by atoms with Gasteiger partial charge in [0, 0.05) is 17.6 Å². The molecule has 0 spiro atoms. The lowest BCUT2D eigenvalue weighted by atomic mass is 10.2. The first-order valence-corrected chi connectivity index (χ1v) is 10.2. The summed E-state index contributed by atoms with van der Waals surface area (Å²) in [7, 11) is 0. The SMILES string of the molecule is N[C@H](CCCCOC(=O)NCc1ccccc1)N1NC=C(c2ccccc2)S1. The van der Waals surface area contributed by atoms with Crippen molar-refractivity contribution in [2.75, 3.05) is 6.61 Å². The number of unbranched alkanes of at least 4 members (excludes halogenated alkanes) is 1. The number of ether oxygens (including phenoxy) is 1. The van der Waals surface area contributed by atoms with Crippen LogP contribution in [0.2, 0.25) is 0 Å². The molecule has 4 N–H and O–H groups in total. The molecule has 1 atom stereocenters. The zero-order valence-electron chi connectivity index (χ0n) is 15.7. The van der Waals surface area contributed by atoms with Crippen LogP contribution in [-0.2, 0) is 11.3 Å². The molecule has 1 heterocycles. The van der Waals surface area contributed by atoms with Crippen LogP contribution in [-0.4, -0.2) is 23.3 Å². The first-order valence-electron chi connectivity index (χ1n) is 9.41. The maximum Gasteiger partial charge on any atom is 0.407 e. The van der Waals surface area contributed by atoms with Crippen molar-refractivity contribution in [2.24, 2.45) is 5.73 Å². The third-order valence-corrected chi connectivity index (χ3v) is 5.41. The predicted octanol–water partition coefficient (Wildman–Crippen LogP) is 3.83. The molecule has 148 valence electrons. The third kappa shape index (κ3) is 6.30. The van der Waals surface area contributed by atoms with Crippen LogP contribution in [0.5, 0.6) is 0 Å². The van der Waals surface area contributed by atoms with Gasteiger partial charge in [-0.05, 0) is 42.3 Å². The fourth-order valence-electron chi connectivity index (χ4n) is 2.74. The van der Waals surface area contributed by atoms with E-state index in [9.17, 15) is 4.79 Å². The zero-order valence-corrected chi connectivity index (χ0v) is 16.5. The summed E-state index contributed by atoms with van der Waals surface area (Å²) in [5.74, 6) is 0. The summed E-state index contributed by atoms with van der Waals surface area (Å²) < 4.78 is 7.16. The number of hydrogen-bond acceptors (Lipinski definition) is 6. The zero-order chi connectivity index (χ0) is 19.6. The Labute approximate surface area is 170 Å². The highest BCUT2D eigenvalue weighted by molar-refractivity contribution is 8.06. The van der Waals surface area contributed by atoms with E-state index in [0.29, 0.717) is 13.2 Å². The van der Waals surface area contributed by atoms with E-state index in [1.54, 1.807) is 11.9 Å². The second-order valence-corrected chi connectivity index (χ2v) is 7.47. The highest BCUT2D eigenvalue weighted by atomic mass is 32.2. The number of rotatable bonds is 9. The molecule has 0 aromatic heterocycles. The summed E-state index contributed by atoms with van der Waals surface area (Å²) in [5.41, 5.74) is 11.7. The van der Waals surface area contributed by atoms with Crippen molar-refractivity contribution >= 4 is 22.9 Å². The fraction of sp³-hybridized carbons (Fsp3) is 0.286. The van der Waals surface area contributed by atoms with E-state index >= 15 is 0 Å². The predicted molar refractivity (Wildman–Crippen MR) is 113 cm³/mol. The van der Waals surface area contributed by atoms with E-state index in [0.717, 1.165) is 29.7 Å². The number of carbonyl (C=O) groups excluding carboxylic acids is 1. The van der Waals surface area contributed by atoms with E-state index in [4.69, 9.17) is 10.5 Å². The topological polar surface area (TPSA) is 79.6 Å².